The molecular formula is C21H29F3N4O9S2. The van der Waals surface area contributed by atoms with E-state index in [1.807, 2.05) is 4.90 Å². The van der Waals surface area contributed by atoms with Crippen molar-refractivity contribution in [3.05, 3.63) is 48.8 Å². The van der Waals surface area contributed by atoms with Gasteiger partial charge < -0.3 is 23.5 Å². The first kappa shape index (κ1) is 32.2. The van der Waals surface area contributed by atoms with Crippen LogP contribution in [0.5, 0.6) is 5.75 Å². The fourth-order valence-electron chi connectivity index (χ4n) is 3.65. The van der Waals surface area contributed by atoms with Crippen molar-refractivity contribution < 1.29 is 52.3 Å². The maximum absolute atomic E-state index is 13.3. The standard InChI is InChI=1S/C21H29F3N4O9S2/c1-3-5-25-20(29)28(16(2)4-12-36-38(30,31)32)11-8-26-6-9-27(10-7-26)18-13-17(21(22,23)24)14-19(15-18)37-39(33,34)35/h3-4,12-16H,1,5-11H2,2H3,(H,25,29)(H,30,31,32)(H,33,34,35)/b12-4+. The Morgan fingerprint density at radius 3 is 2.33 bits per heavy atom. The number of amides is 2. The Hall–Kier alpha value is -3.06. The van der Waals surface area contributed by atoms with E-state index in [1.54, 1.807) is 11.8 Å². The Morgan fingerprint density at radius 2 is 1.79 bits per heavy atom. The normalized spacial score (nSPS) is 16.1. The van der Waals surface area contributed by atoms with Crippen LogP contribution in [0.25, 0.3) is 0 Å². The molecule has 0 saturated carbocycles. The van der Waals surface area contributed by atoms with Crippen LogP contribution in [0.2, 0.25) is 0 Å². The van der Waals surface area contributed by atoms with Crippen molar-refractivity contribution in [2.24, 2.45) is 0 Å². The van der Waals surface area contributed by atoms with Gasteiger partial charge >= 0.3 is 33.0 Å². The zero-order valence-corrected chi connectivity index (χ0v) is 22.4. The minimum Gasteiger partial charge on any atom is -0.370 e. The van der Waals surface area contributed by atoms with Gasteiger partial charge in [0.05, 0.1) is 11.6 Å². The molecule has 220 valence electrons. The van der Waals surface area contributed by atoms with Crippen LogP contribution in [0, 0.1) is 0 Å². The van der Waals surface area contributed by atoms with E-state index < -0.39 is 50.4 Å². The van der Waals surface area contributed by atoms with E-state index in [0.717, 1.165) is 18.4 Å². The summed E-state index contributed by atoms with van der Waals surface area (Å²) in [5.41, 5.74) is -1.10. The Morgan fingerprint density at radius 1 is 1.15 bits per heavy atom. The number of halogens is 3. The summed E-state index contributed by atoms with van der Waals surface area (Å²) < 4.78 is 109. The number of urea groups is 1. The first-order valence-electron chi connectivity index (χ1n) is 11.3. The van der Waals surface area contributed by atoms with Gasteiger partial charge in [0, 0.05) is 57.6 Å². The summed E-state index contributed by atoms with van der Waals surface area (Å²) in [5, 5.41) is 2.61. The Balaban J connectivity index is 2.08. The largest absolute Gasteiger partial charge is 0.446 e. The average molecular weight is 603 g/mol. The molecule has 0 spiro atoms. The molecule has 3 N–H and O–H groups in total. The van der Waals surface area contributed by atoms with Crippen molar-refractivity contribution in [3.8, 4) is 5.75 Å². The van der Waals surface area contributed by atoms with Gasteiger partial charge in [-0.15, -0.1) is 6.58 Å². The van der Waals surface area contributed by atoms with Crippen molar-refractivity contribution in [3.63, 3.8) is 0 Å². The summed E-state index contributed by atoms with van der Waals surface area (Å²) in [7, 11) is -9.74. The topological polar surface area (TPSA) is 166 Å². The van der Waals surface area contributed by atoms with Crippen molar-refractivity contribution in [1.29, 1.82) is 0 Å². The van der Waals surface area contributed by atoms with Gasteiger partial charge in [-0.3, -0.25) is 14.0 Å². The molecule has 2 rings (SSSR count). The molecule has 1 saturated heterocycles. The Labute approximate surface area is 224 Å². The fourth-order valence-corrected chi connectivity index (χ4v) is 4.19. The van der Waals surface area contributed by atoms with Gasteiger partial charge in [-0.1, -0.05) is 6.08 Å². The molecule has 1 fully saturated rings. The molecule has 2 amide bonds. The highest BCUT2D eigenvalue weighted by molar-refractivity contribution is 7.81. The lowest BCUT2D eigenvalue weighted by molar-refractivity contribution is -0.137. The SMILES string of the molecule is C=CCNC(=O)N(CCN1CCN(c2cc(OS(=O)(=O)O)cc(C(F)(F)F)c2)CC1)C(C)/C=C/OS(=O)(=O)O. The smallest absolute Gasteiger partial charge is 0.370 e. The summed E-state index contributed by atoms with van der Waals surface area (Å²) >= 11 is 0. The van der Waals surface area contributed by atoms with E-state index in [-0.39, 0.29) is 31.9 Å². The summed E-state index contributed by atoms with van der Waals surface area (Å²) in [6.07, 6.45) is -1.33. The molecule has 1 aromatic rings. The summed E-state index contributed by atoms with van der Waals surface area (Å²) in [6.45, 7) is 7.08. The molecule has 0 radical (unpaired) electrons. The van der Waals surface area contributed by atoms with E-state index in [2.05, 4.69) is 20.3 Å². The van der Waals surface area contributed by atoms with Crippen molar-refractivity contribution >= 4 is 32.5 Å². The number of carbonyl (C=O) groups is 1. The zero-order valence-electron chi connectivity index (χ0n) is 20.7. The Bertz CT molecular complexity index is 1250. The molecule has 1 aliphatic heterocycles. The maximum atomic E-state index is 13.3. The van der Waals surface area contributed by atoms with Gasteiger partial charge in [-0.2, -0.15) is 30.0 Å². The molecule has 0 aromatic heterocycles. The number of nitrogens with zero attached hydrogens (tertiary/aromatic N) is 3. The van der Waals surface area contributed by atoms with Crippen molar-refractivity contribution in [2.45, 2.75) is 19.1 Å². The number of hydrogen-bond acceptors (Lipinski definition) is 9. The van der Waals surface area contributed by atoms with Gasteiger partial charge in [-0.25, -0.2) is 4.79 Å². The van der Waals surface area contributed by atoms with Crippen LogP contribution >= 0.6 is 0 Å². The predicted molar refractivity (Wildman–Crippen MR) is 134 cm³/mol. The second-order valence-electron chi connectivity index (χ2n) is 8.31. The summed E-state index contributed by atoms with van der Waals surface area (Å²) in [6, 6.07) is 1.27. The highest BCUT2D eigenvalue weighted by Crippen LogP contribution is 2.36. The second kappa shape index (κ2) is 13.3. The highest BCUT2D eigenvalue weighted by atomic mass is 32.3. The molecule has 13 nitrogen and oxygen atoms in total. The number of anilines is 1. The lowest BCUT2D eigenvalue weighted by atomic mass is 10.1. The van der Waals surface area contributed by atoms with E-state index in [1.165, 1.54) is 17.1 Å². The maximum Gasteiger partial charge on any atom is 0.446 e. The monoisotopic (exact) mass is 602 g/mol. The van der Waals surface area contributed by atoms with E-state index in [0.29, 0.717) is 25.7 Å². The molecule has 1 atom stereocenters. The van der Waals surface area contributed by atoms with Crippen LogP contribution in [0.15, 0.2) is 43.2 Å². The summed E-state index contributed by atoms with van der Waals surface area (Å²) in [4.78, 5) is 17.5. The van der Waals surface area contributed by atoms with Crippen LogP contribution in [0.4, 0.5) is 23.7 Å². The highest BCUT2D eigenvalue weighted by Gasteiger charge is 2.33. The molecule has 0 aliphatic carbocycles. The predicted octanol–water partition coefficient (Wildman–Crippen LogP) is 1.93. The number of alkyl halides is 3. The number of benzene rings is 1. The number of hydrogen-bond donors (Lipinski definition) is 3. The third-order valence-electron chi connectivity index (χ3n) is 5.50. The van der Waals surface area contributed by atoms with Crippen LogP contribution < -0.4 is 14.4 Å². The minimum atomic E-state index is -5.04. The zero-order chi connectivity index (χ0) is 29.4. The minimum absolute atomic E-state index is 0.0474. The van der Waals surface area contributed by atoms with E-state index in [4.69, 9.17) is 9.11 Å². The third-order valence-corrected chi connectivity index (χ3v) is 6.26. The molecule has 18 heteroatoms. The number of rotatable bonds is 12. The number of nitrogens with one attached hydrogen (secondary N) is 1. The molecule has 39 heavy (non-hydrogen) atoms. The second-order valence-corrected chi connectivity index (χ2v) is 10.4. The van der Waals surface area contributed by atoms with Gasteiger partial charge in [0.1, 0.15) is 12.0 Å². The first-order chi connectivity index (χ1) is 18.0. The molecule has 1 aliphatic rings. The van der Waals surface area contributed by atoms with Crippen LogP contribution in [0.1, 0.15) is 12.5 Å². The van der Waals surface area contributed by atoms with Crippen molar-refractivity contribution in [1.82, 2.24) is 15.1 Å². The molecule has 0 bridgehead atoms. The lowest BCUT2D eigenvalue weighted by Gasteiger charge is -2.37. The van der Waals surface area contributed by atoms with Gasteiger partial charge in [0.15, 0.2) is 0 Å². The number of carbonyl (C=O) groups excluding carboxylic acids is 1. The van der Waals surface area contributed by atoms with Crippen LogP contribution in [-0.4, -0.2) is 93.6 Å². The Kier molecular flexibility index (Phi) is 11.0. The lowest BCUT2D eigenvalue weighted by Crippen LogP contribution is -2.51. The van der Waals surface area contributed by atoms with Crippen LogP contribution in [0.3, 0.4) is 0 Å². The average Bonchev–Trinajstić information content (AvgIpc) is 2.80. The third kappa shape index (κ3) is 11.3. The first-order valence-corrected chi connectivity index (χ1v) is 14.1. The fraction of sp³-hybridized carbons (Fsp3) is 0.476. The van der Waals surface area contributed by atoms with Gasteiger partial charge in [-0.05, 0) is 25.1 Å². The van der Waals surface area contributed by atoms with Gasteiger partial charge in [0.25, 0.3) is 0 Å². The quantitative estimate of drug-likeness (QED) is 0.182. The van der Waals surface area contributed by atoms with E-state index >= 15 is 0 Å². The molecular weight excluding hydrogens is 573 g/mol. The van der Waals surface area contributed by atoms with E-state index in [9.17, 15) is 34.8 Å². The molecule has 1 unspecified atom stereocenters. The number of piperazine rings is 1. The summed E-state index contributed by atoms with van der Waals surface area (Å²) in [5.74, 6) is -0.689. The van der Waals surface area contributed by atoms with Gasteiger partial charge in [0.2, 0.25) is 0 Å². The molecule has 1 heterocycles. The van der Waals surface area contributed by atoms with Crippen LogP contribution in [-0.2, 0) is 31.2 Å². The van der Waals surface area contributed by atoms with Crippen molar-refractivity contribution in [2.75, 3.05) is 50.7 Å². The molecule has 1 aromatic carbocycles.